The van der Waals surface area contributed by atoms with Gasteiger partial charge in [0, 0.05) is 12.6 Å². The second kappa shape index (κ2) is 9.02. The molecule has 0 spiro atoms. The Morgan fingerprint density at radius 2 is 1.91 bits per heavy atom. The molecule has 1 unspecified atom stereocenters. The Labute approximate surface area is 133 Å². The number of guanidine groups is 1. The number of halogens is 3. The van der Waals surface area contributed by atoms with E-state index in [0.29, 0.717) is 12.5 Å². The highest BCUT2D eigenvalue weighted by Crippen LogP contribution is 2.19. The normalized spacial score (nSPS) is 12.7. The first-order valence-electron chi connectivity index (χ1n) is 7.37. The summed E-state index contributed by atoms with van der Waals surface area (Å²) in [7, 11) is 0. The zero-order chi connectivity index (χ0) is 17.4. The van der Waals surface area contributed by atoms with Crippen molar-refractivity contribution in [2.24, 2.45) is 4.99 Å². The predicted octanol–water partition coefficient (Wildman–Crippen LogP) is 2.40. The fourth-order valence-corrected chi connectivity index (χ4v) is 1.62. The molecule has 0 bridgehead atoms. The highest BCUT2D eigenvalue weighted by Gasteiger charge is 2.15. The van der Waals surface area contributed by atoms with Gasteiger partial charge in [0.1, 0.15) is 6.54 Å². The minimum Gasteiger partial charge on any atom is -0.357 e. The summed E-state index contributed by atoms with van der Waals surface area (Å²) in [6.45, 7) is 6.17. The molecule has 0 saturated carbocycles. The molecule has 0 radical (unpaired) electrons. The predicted molar refractivity (Wildman–Crippen MR) is 83.8 cm³/mol. The smallest absolute Gasteiger partial charge is 0.246 e. The van der Waals surface area contributed by atoms with E-state index in [1.165, 1.54) is 0 Å². The van der Waals surface area contributed by atoms with E-state index >= 15 is 0 Å². The van der Waals surface area contributed by atoms with Gasteiger partial charge in [-0.1, -0.05) is 6.92 Å². The van der Waals surface area contributed by atoms with Crippen molar-refractivity contribution in [2.75, 3.05) is 18.4 Å². The number of hydrogen-bond donors (Lipinski definition) is 3. The number of hydrogen-bond acceptors (Lipinski definition) is 2. The number of rotatable bonds is 6. The van der Waals surface area contributed by atoms with Gasteiger partial charge in [-0.3, -0.25) is 4.79 Å². The molecule has 0 heterocycles. The first kappa shape index (κ1) is 18.8. The summed E-state index contributed by atoms with van der Waals surface area (Å²) in [5.41, 5.74) is -0.427. The largest absolute Gasteiger partial charge is 0.357 e. The van der Waals surface area contributed by atoms with E-state index in [1.807, 2.05) is 20.8 Å². The summed E-state index contributed by atoms with van der Waals surface area (Å²) in [6, 6.07) is 1.86. The summed E-state index contributed by atoms with van der Waals surface area (Å²) in [5, 5.41) is 8.22. The molecule has 1 atom stereocenters. The van der Waals surface area contributed by atoms with Gasteiger partial charge in [-0.25, -0.2) is 18.2 Å². The van der Waals surface area contributed by atoms with Gasteiger partial charge in [0.2, 0.25) is 5.91 Å². The van der Waals surface area contributed by atoms with Crippen LogP contribution in [0.3, 0.4) is 0 Å². The summed E-state index contributed by atoms with van der Waals surface area (Å²) >= 11 is 0. The first-order chi connectivity index (χ1) is 10.9. The Balaban J connectivity index is 2.71. The van der Waals surface area contributed by atoms with Gasteiger partial charge in [-0.2, -0.15) is 0 Å². The van der Waals surface area contributed by atoms with Crippen molar-refractivity contribution in [3.63, 3.8) is 0 Å². The molecule has 0 aliphatic rings. The van der Waals surface area contributed by atoms with E-state index in [0.717, 1.165) is 18.6 Å². The third-order valence-electron chi connectivity index (χ3n) is 3.03. The number of nitrogens with zero attached hydrogens (tertiary/aromatic N) is 1. The second-order valence-corrected chi connectivity index (χ2v) is 4.92. The van der Waals surface area contributed by atoms with Crippen LogP contribution in [0.1, 0.15) is 27.2 Å². The topological polar surface area (TPSA) is 65.5 Å². The zero-order valence-electron chi connectivity index (χ0n) is 13.3. The minimum atomic E-state index is -1.63. The van der Waals surface area contributed by atoms with E-state index in [1.54, 1.807) is 0 Å². The SMILES string of the molecule is CCNC(=NCC(=O)Nc1ccc(F)c(F)c1F)NC(C)CC. The summed E-state index contributed by atoms with van der Waals surface area (Å²) in [4.78, 5) is 15.8. The van der Waals surface area contributed by atoms with Crippen molar-refractivity contribution >= 4 is 17.6 Å². The van der Waals surface area contributed by atoms with E-state index in [4.69, 9.17) is 0 Å². The van der Waals surface area contributed by atoms with Crippen molar-refractivity contribution in [2.45, 2.75) is 33.2 Å². The van der Waals surface area contributed by atoms with Crippen molar-refractivity contribution < 1.29 is 18.0 Å². The van der Waals surface area contributed by atoms with Crippen molar-refractivity contribution in [3.8, 4) is 0 Å². The Kier molecular flexibility index (Phi) is 7.37. The first-order valence-corrected chi connectivity index (χ1v) is 7.37. The van der Waals surface area contributed by atoms with Crippen LogP contribution in [0.25, 0.3) is 0 Å². The molecule has 0 aliphatic heterocycles. The van der Waals surface area contributed by atoms with Crippen molar-refractivity contribution in [1.82, 2.24) is 10.6 Å². The minimum absolute atomic E-state index is 0.166. The lowest BCUT2D eigenvalue weighted by atomic mass is 10.2. The molecule has 5 nitrogen and oxygen atoms in total. The van der Waals surface area contributed by atoms with Crippen LogP contribution in [0.4, 0.5) is 18.9 Å². The van der Waals surface area contributed by atoms with Crippen LogP contribution >= 0.6 is 0 Å². The fourth-order valence-electron chi connectivity index (χ4n) is 1.62. The quantitative estimate of drug-likeness (QED) is 0.426. The molecule has 1 aromatic carbocycles. The number of benzene rings is 1. The van der Waals surface area contributed by atoms with Crippen LogP contribution in [0.15, 0.2) is 17.1 Å². The van der Waals surface area contributed by atoms with E-state index < -0.39 is 29.0 Å². The molecule has 3 N–H and O–H groups in total. The molecule has 1 rings (SSSR count). The molecular formula is C15H21F3N4O. The number of anilines is 1. The number of amides is 1. The molecule has 0 fully saturated rings. The van der Waals surface area contributed by atoms with Crippen LogP contribution in [0.2, 0.25) is 0 Å². The summed E-state index contributed by atoms with van der Waals surface area (Å²) in [6.07, 6.45) is 0.872. The Hall–Kier alpha value is -2.25. The van der Waals surface area contributed by atoms with Crippen LogP contribution in [0.5, 0.6) is 0 Å². The van der Waals surface area contributed by atoms with Gasteiger partial charge in [-0.05, 0) is 32.4 Å². The highest BCUT2D eigenvalue weighted by molar-refractivity contribution is 5.94. The lowest BCUT2D eigenvalue weighted by molar-refractivity contribution is -0.114. The summed E-state index contributed by atoms with van der Waals surface area (Å²) in [5.74, 6) is -4.57. The second-order valence-electron chi connectivity index (χ2n) is 4.92. The zero-order valence-corrected chi connectivity index (χ0v) is 13.3. The summed E-state index contributed by atoms with van der Waals surface area (Å²) < 4.78 is 39.4. The van der Waals surface area contributed by atoms with Gasteiger partial charge < -0.3 is 16.0 Å². The van der Waals surface area contributed by atoms with Gasteiger partial charge in [0.15, 0.2) is 23.4 Å². The molecule has 128 valence electrons. The van der Waals surface area contributed by atoms with Crippen LogP contribution in [0, 0.1) is 17.5 Å². The molecule has 1 amide bonds. The molecular weight excluding hydrogens is 309 g/mol. The lowest BCUT2D eigenvalue weighted by Crippen LogP contribution is -2.42. The molecule has 1 aromatic rings. The van der Waals surface area contributed by atoms with Gasteiger partial charge in [-0.15, -0.1) is 0 Å². The van der Waals surface area contributed by atoms with Crippen LogP contribution < -0.4 is 16.0 Å². The molecule has 0 saturated heterocycles. The monoisotopic (exact) mass is 330 g/mol. The van der Waals surface area contributed by atoms with E-state index in [2.05, 4.69) is 20.9 Å². The van der Waals surface area contributed by atoms with E-state index in [-0.39, 0.29) is 12.6 Å². The van der Waals surface area contributed by atoms with Crippen molar-refractivity contribution in [3.05, 3.63) is 29.6 Å². The molecule has 0 aliphatic carbocycles. The average Bonchev–Trinajstić information content (AvgIpc) is 2.53. The standard InChI is InChI=1S/C15H21F3N4O/c1-4-9(3)21-15(19-5-2)20-8-12(23)22-11-7-6-10(16)13(17)14(11)18/h6-7,9H,4-5,8H2,1-3H3,(H,22,23)(H2,19,20,21). The molecule has 0 aromatic heterocycles. The van der Waals surface area contributed by atoms with E-state index in [9.17, 15) is 18.0 Å². The number of nitrogens with one attached hydrogen (secondary N) is 3. The van der Waals surface area contributed by atoms with Gasteiger partial charge in [0.25, 0.3) is 0 Å². The van der Waals surface area contributed by atoms with Crippen molar-refractivity contribution in [1.29, 1.82) is 0 Å². The van der Waals surface area contributed by atoms with Crippen LogP contribution in [-0.2, 0) is 4.79 Å². The maximum atomic E-state index is 13.5. The molecule has 8 heteroatoms. The lowest BCUT2D eigenvalue weighted by Gasteiger charge is -2.16. The number of carbonyl (C=O) groups is 1. The van der Waals surface area contributed by atoms with Crippen LogP contribution in [-0.4, -0.2) is 31.0 Å². The molecule has 23 heavy (non-hydrogen) atoms. The Bertz CT molecular complexity index is 578. The van der Waals surface area contributed by atoms with Gasteiger partial charge >= 0.3 is 0 Å². The highest BCUT2D eigenvalue weighted by atomic mass is 19.2. The number of carbonyl (C=O) groups excluding carboxylic acids is 1. The average molecular weight is 330 g/mol. The maximum absolute atomic E-state index is 13.5. The Morgan fingerprint density at radius 1 is 1.22 bits per heavy atom. The van der Waals surface area contributed by atoms with Gasteiger partial charge in [0.05, 0.1) is 5.69 Å². The third kappa shape index (κ3) is 5.80. The number of aliphatic imine (C=N–C) groups is 1. The fraction of sp³-hybridized carbons (Fsp3) is 0.467. The third-order valence-corrected chi connectivity index (χ3v) is 3.03. The maximum Gasteiger partial charge on any atom is 0.246 e. The Morgan fingerprint density at radius 3 is 2.52 bits per heavy atom.